The van der Waals surface area contributed by atoms with E-state index in [-0.39, 0.29) is 26.3 Å². The van der Waals surface area contributed by atoms with Crippen molar-refractivity contribution in [1.82, 2.24) is 9.47 Å². The van der Waals surface area contributed by atoms with Crippen LogP contribution in [0.15, 0.2) is 41.3 Å². The first kappa shape index (κ1) is 22.7. The molecule has 0 N–H and O–H groups in total. The Morgan fingerprint density at radius 2 is 2.10 bits per heavy atom. The number of para-hydroxylation sites is 1. The predicted octanol–water partition coefficient (Wildman–Crippen LogP) is 3.79. The van der Waals surface area contributed by atoms with Crippen molar-refractivity contribution in [2.75, 3.05) is 13.1 Å². The third-order valence-electron chi connectivity index (χ3n) is 6.96. The van der Waals surface area contributed by atoms with E-state index >= 15 is 0 Å². The largest absolute Gasteiger partial charge is 0.591 e. The van der Waals surface area contributed by atoms with E-state index in [0.29, 0.717) is 24.3 Å². The Balaban J connectivity index is 0.00000136. The Kier molecular flexibility index (Phi) is 6.59. The molecule has 0 amide bonds. The van der Waals surface area contributed by atoms with Crippen LogP contribution in [0.25, 0.3) is 10.9 Å². The average Bonchev–Trinajstić information content (AvgIpc) is 3.05. The van der Waals surface area contributed by atoms with Gasteiger partial charge < -0.3 is 14.1 Å². The van der Waals surface area contributed by atoms with Crippen LogP contribution < -0.4 is 0 Å². The van der Waals surface area contributed by atoms with Crippen molar-refractivity contribution in [2.24, 2.45) is 24.2 Å². The number of aromatic nitrogens is 1. The van der Waals surface area contributed by atoms with Gasteiger partial charge in [0.2, 0.25) is 0 Å². The number of esters is 1. The Morgan fingerprint density at radius 1 is 1.29 bits per heavy atom. The summed E-state index contributed by atoms with van der Waals surface area (Å²) < 4.78 is 7.32. The molecular formula is C22H24N3O4ReRf-. The predicted molar refractivity (Wildman–Crippen MR) is 107 cm³/mol. The van der Waals surface area contributed by atoms with E-state index < -0.39 is 5.97 Å². The summed E-state index contributed by atoms with van der Waals surface area (Å²) in [4.78, 5) is 29.4. The fourth-order valence-corrected chi connectivity index (χ4v) is 5.77. The molecule has 1 aromatic heterocycles. The fraction of sp³-hybridized carbons (Fsp3) is 0.455. The first-order chi connectivity index (χ1) is 14.2. The Bertz CT molecular complexity index is 1010. The number of piperidine rings is 1. The monoisotopic (exact) mass is 848 g/mol. The number of ether oxygens (including phenoxy) is 1. The van der Waals surface area contributed by atoms with Crippen molar-refractivity contribution in [1.29, 1.82) is 0 Å². The van der Waals surface area contributed by atoms with E-state index in [4.69, 9.17) is 4.74 Å². The molecule has 3 unspecified atom stereocenters. The molecule has 2 aromatic rings. The third kappa shape index (κ3) is 3.65. The number of hydrogen-bond acceptors (Lipinski definition) is 6. The van der Waals surface area contributed by atoms with E-state index in [1.54, 1.807) is 0 Å². The summed E-state index contributed by atoms with van der Waals surface area (Å²) in [5, 5.41) is 3.58. The standard InChI is InChI=1S/C22H24N3O4.Re.Rf/c1-24-19-8-3-2-6-15(19)16-9-10-25-12-14-5-4-7-17(22(26)28-13-29-23-27)18(14)11-20(25)21(16)24;;/h2-3,6-8,13-14,18,20H,4-5,9-12H2,1H3;;/q-1;;. The summed E-state index contributed by atoms with van der Waals surface area (Å²) in [6.45, 7) is 2.76. The average molecular weight is 848 g/mol. The van der Waals surface area contributed by atoms with Crippen LogP contribution in [0.4, 0.5) is 0 Å². The maximum Gasteiger partial charge on any atom is 0.305 e. The Labute approximate surface area is 189 Å². The minimum atomic E-state index is -0.440. The molecule has 1 radical (unpaired) electrons. The van der Waals surface area contributed by atoms with Gasteiger partial charge in [0.05, 0.1) is 6.04 Å². The van der Waals surface area contributed by atoms with Gasteiger partial charge in [-0.15, -0.1) is 4.91 Å². The molecule has 0 bridgehead atoms. The molecule has 1 aromatic carbocycles. The SMILES string of the molecule is Cn1c2c(c3ccccc31)CCN1CC3CCC=C(C(=O)O[CH-]ON=O)C3CC21.[Re].[Rf]. The summed E-state index contributed by atoms with van der Waals surface area (Å²) in [5.74, 6) is 0.157. The number of carbonyl (C=O) groups excluding carboxylic acids is 1. The van der Waals surface area contributed by atoms with Gasteiger partial charge in [0.15, 0.2) is 0 Å². The zero-order valence-electron chi connectivity index (χ0n) is 17.5. The van der Waals surface area contributed by atoms with E-state index in [0.717, 1.165) is 38.8 Å². The molecule has 1 fully saturated rings. The summed E-state index contributed by atoms with van der Waals surface area (Å²) in [7, 11) is 2.15. The minimum absolute atomic E-state index is 0. The van der Waals surface area contributed by atoms with Crippen molar-refractivity contribution in [3.05, 3.63) is 58.9 Å². The van der Waals surface area contributed by atoms with Gasteiger partial charge in [0.25, 0.3) is 0 Å². The number of rotatable bonds is 4. The summed E-state index contributed by atoms with van der Waals surface area (Å²) in [5.41, 5.74) is 4.81. The fourth-order valence-electron chi connectivity index (χ4n) is 5.77. The molecule has 1 aliphatic carbocycles. The quantitative estimate of drug-likeness (QED) is 0.154. The van der Waals surface area contributed by atoms with Crippen molar-refractivity contribution in [2.45, 2.75) is 31.7 Å². The van der Waals surface area contributed by atoms with E-state index in [1.165, 1.54) is 22.2 Å². The third-order valence-corrected chi connectivity index (χ3v) is 6.96. The maximum absolute atomic E-state index is 12.6. The van der Waals surface area contributed by atoms with Gasteiger partial charge in [0, 0.05) is 69.5 Å². The van der Waals surface area contributed by atoms with Crippen LogP contribution in [-0.4, -0.2) is 28.5 Å². The first-order valence-electron chi connectivity index (χ1n) is 10.2. The van der Waals surface area contributed by atoms with Crippen molar-refractivity contribution in [3.63, 3.8) is 0 Å². The van der Waals surface area contributed by atoms with Crippen LogP contribution in [0.5, 0.6) is 0 Å². The van der Waals surface area contributed by atoms with Crippen LogP contribution in [0.2, 0.25) is 0 Å². The van der Waals surface area contributed by atoms with E-state index in [2.05, 4.69) is 51.0 Å². The molecule has 0 saturated carbocycles. The molecule has 3 atom stereocenters. The van der Waals surface area contributed by atoms with Gasteiger partial charge in [0.1, 0.15) is 5.34 Å². The Morgan fingerprint density at radius 3 is 2.90 bits per heavy atom. The number of nitrogens with zero attached hydrogens (tertiary/aromatic N) is 3. The van der Waals surface area contributed by atoms with Crippen LogP contribution in [0.3, 0.4) is 0 Å². The van der Waals surface area contributed by atoms with Gasteiger partial charge in [-0.1, -0.05) is 24.3 Å². The molecule has 0 spiro atoms. The normalized spacial score (nSPS) is 24.4. The number of hydrogen-bond donors (Lipinski definition) is 0. The van der Waals surface area contributed by atoms with Gasteiger partial charge >= 0.3 is 5.97 Å². The minimum Gasteiger partial charge on any atom is -0.591 e. The topological polar surface area (TPSA) is 73.1 Å². The van der Waals surface area contributed by atoms with Crippen molar-refractivity contribution in [3.8, 4) is 0 Å². The zero-order valence-corrected chi connectivity index (χ0v) is 26.6. The van der Waals surface area contributed by atoms with Gasteiger partial charge in [-0.3, -0.25) is 4.90 Å². The molecule has 9 heteroatoms. The van der Waals surface area contributed by atoms with Crippen LogP contribution in [0.1, 0.15) is 36.6 Å². The molecule has 5 rings (SSSR count). The number of aryl methyl sites for hydroxylation is 1. The molecule has 161 valence electrons. The molecule has 3 heterocycles. The molecule has 3 aliphatic rings. The maximum atomic E-state index is 12.6. The zero-order chi connectivity index (χ0) is 20.0. The van der Waals surface area contributed by atoms with E-state index in [9.17, 15) is 9.70 Å². The molecular weight excluding hydrogens is 823 g/mol. The van der Waals surface area contributed by atoms with Crippen LogP contribution in [-0.2, 0) is 48.3 Å². The second-order valence-electron chi connectivity index (χ2n) is 8.22. The van der Waals surface area contributed by atoms with Crippen LogP contribution >= 0.6 is 0 Å². The second-order valence-corrected chi connectivity index (χ2v) is 8.22. The number of benzene rings is 1. The van der Waals surface area contributed by atoms with Gasteiger partial charge in [-0.05, 0) is 49.1 Å². The smallest absolute Gasteiger partial charge is 0.305 e. The van der Waals surface area contributed by atoms with Crippen LogP contribution in [0, 0.1) is 23.5 Å². The summed E-state index contributed by atoms with van der Waals surface area (Å²) in [6.07, 6.45) is 5.92. The van der Waals surface area contributed by atoms with E-state index in [1.807, 2.05) is 6.08 Å². The summed E-state index contributed by atoms with van der Waals surface area (Å²) in [6, 6.07) is 8.90. The van der Waals surface area contributed by atoms with Crippen molar-refractivity contribution < 1.29 is 34.8 Å². The summed E-state index contributed by atoms with van der Waals surface area (Å²) >= 11 is 0. The molecule has 7 nitrogen and oxygen atoms in total. The molecule has 2 aliphatic heterocycles. The molecule has 1 saturated heterocycles. The number of allylic oxidation sites excluding steroid dienone is 1. The van der Waals surface area contributed by atoms with Gasteiger partial charge in [-0.25, -0.2) is 4.79 Å². The second kappa shape index (κ2) is 9.01. The van der Waals surface area contributed by atoms with Crippen molar-refractivity contribution >= 4 is 16.9 Å². The van der Waals surface area contributed by atoms with Gasteiger partial charge in [-0.2, -0.15) is 0 Å². The Hall–Kier alpha value is -3.01. The molecule has 31 heavy (non-hydrogen) atoms. The number of carbonyl (C=O) groups is 1. The number of fused-ring (bicyclic) bond motifs is 6. The first-order valence-corrected chi connectivity index (χ1v) is 10.2.